The molecule has 0 aliphatic heterocycles. The summed E-state index contributed by atoms with van der Waals surface area (Å²) < 4.78 is 28.0. The second-order valence-corrected chi connectivity index (χ2v) is 4.10. The minimum Gasteiger partial charge on any atom is -0.375 e. The normalized spacial score (nSPS) is 18.2. The Morgan fingerprint density at radius 2 is 2.19 bits per heavy atom. The molecule has 1 amide bonds. The number of hydrogen-bond donors (Lipinski definition) is 2. The summed E-state index contributed by atoms with van der Waals surface area (Å²) >= 11 is 0. The Bertz CT molecular complexity index is 227. The third-order valence-electron chi connectivity index (χ3n) is 2.82. The summed E-state index contributed by atoms with van der Waals surface area (Å²) in [5, 5.41) is 2.84. The average Bonchev–Trinajstić information content (AvgIpc) is 2.18. The van der Waals surface area contributed by atoms with Gasteiger partial charge in [0.15, 0.2) is 0 Å². The van der Waals surface area contributed by atoms with Crippen molar-refractivity contribution >= 4 is 5.91 Å². The second kappa shape index (κ2) is 6.10. The van der Waals surface area contributed by atoms with Gasteiger partial charge >= 0.3 is 0 Å². The minimum absolute atomic E-state index is 0.0246. The molecule has 1 aliphatic carbocycles. The average molecular weight is 236 g/mol. The van der Waals surface area contributed by atoms with Crippen LogP contribution < -0.4 is 11.1 Å². The molecule has 0 spiro atoms. The number of halogens is 2. The third-order valence-corrected chi connectivity index (χ3v) is 2.82. The van der Waals surface area contributed by atoms with E-state index >= 15 is 0 Å². The second-order valence-electron chi connectivity index (χ2n) is 4.10. The first-order valence-electron chi connectivity index (χ1n) is 5.45. The van der Waals surface area contributed by atoms with Gasteiger partial charge in [0.05, 0.1) is 12.1 Å². The summed E-state index contributed by atoms with van der Waals surface area (Å²) in [4.78, 5) is 11.4. The summed E-state index contributed by atoms with van der Waals surface area (Å²) in [6.45, 7) is -0.164. The first-order chi connectivity index (χ1) is 7.58. The van der Waals surface area contributed by atoms with E-state index in [0.717, 1.165) is 19.3 Å². The van der Waals surface area contributed by atoms with Gasteiger partial charge in [0.1, 0.15) is 6.61 Å². The maximum absolute atomic E-state index is 11.7. The van der Waals surface area contributed by atoms with Crippen LogP contribution in [0.1, 0.15) is 25.7 Å². The Hall–Kier alpha value is -0.750. The number of rotatable bonds is 7. The molecule has 0 bridgehead atoms. The zero-order valence-corrected chi connectivity index (χ0v) is 9.18. The van der Waals surface area contributed by atoms with Crippen molar-refractivity contribution in [3.63, 3.8) is 0 Å². The van der Waals surface area contributed by atoms with Gasteiger partial charge in [-0.3, -0.25) is 4.79 Å². The van der Waals surface area contributed by atoms with E-state index in [-0.39, 0.29) is 24.5 Å². The fourth-order valence-corrected chi connectivity index (χ4v) is 1.68. The highest BCUT2D eigenvalue weighted by atomic mass is 19.3. The van der Waals surface area contributed by atoms with Crippen molar-refractivity contribution in [1.29, 1.82) is 0 Å². The van der Waals surface area contributed by atoms with E-state index in [4.69, 9.17) is 5.73 Å². The monoisotopic (exact) mass is 236 g/mol. The Kier molecular flexibility index (Phi) is 5.08. The topological polar surface area (TPSA) is 64.3 Å². The van der Waals surface area contributed by atoms with Crippen LogP contribution in [-0.2, 0) is 9.53 Å². The summed E-state index contributed by atoms with van der Waals surface area (Å²) in [6, 6.07) is 0. The van der Waals surface area contributed by atoms with Crippen LogP contribution in [0.5, 0.6) is 0 Å². The molecule has 4 nitrogen and oxygen atoms in total. The molecule has 94 valence electrons. The Balaban J connectivity index is 2.11. The maximum Gasteiger partial charge on any atom is 0.261 e. The zero-order chi connectivity index (χ0) is 12.0. The lowest BCUT2D eigenvalue weighted by Crippen LogP contribution is -2.58. The molecule has 0 heterocycles. The maximum atomic E-state index is 11.7. The minimum atomic E-state index is -2.48. The standard InChI is InChI=1S/C10H18F2N2O2/c11-8(12)6-16-5-2-9(15)14-10(7-13)3-1-4-10/h8H,1-7,13H2,(H,14,15). The lowest BCUT2D eigenvalue weighted by molar-refractivity contribution is -0.125. The molecule has 0 aromatic rings. The molecule has 1 rings (SSSR count). The number of nitrogens with two attached hydrogens (primary N) is 1. The fourth-order valence-electron chi connectivity index (χ4n) is 1.68. The zero-order valence-electron chi connectivity index (χ0n) is 9.18. The molecule has 16 heavy (non-hydrogen) atoms. The molecular formula is C10H18F2N2O2. The number of carbonyl (C=O) groups is 1. The van der Waals surface area contributed by atoms with Crippen molar-refractivity contribution < 1.29 is 18.3 Å². The Morgan fingerprint density at radius 1 is 1.50 bits per heavy atom. The smallest absolute Gasteiger partial charge is 0.261 e. The van der Waals surface area contributed by atoms with Crippen molar-refractivity contribution in [3.8, 4) is 0 Å². The van der Waals surface area contributed by atoms with E-state index in [1.165, 1.54) is 0 Å². The fraction of sp³-hybridized carbons (Fsp3) is 0.900. The molecule has 1 fully saturated rings. The first-order valence-corrected chi connectivity index (χ1v) is 5.45. The quantitative estimate of drug-likeness (QED) is 0.638. The highest BCUT2D eigenvalue weighted by Gasteiger charge is 2.36. The van der Waals surface area contributed by atoms with E-state index in [2.05, 4.69) is 10.1 Å². The van der Waals surface area contributed by atoms with Crippen LogP contribution in [-0.4, -0.2) is 37.6 Å². The number of hydrogen-bond acceptors (Lipinski definition) is 3. The molecule has 0 unspecified atom stereocenters. The van der Waals surface area contributed by atoms with Crippen LogP contribution in [0.25, 0.3) is 0 Å². The number of ether oxygens (including phenoxy) is 1. The van der Waals surface area contributed by atoms with Gasteiger partial charge in [-0.25, -0.2) is 8.78 Å². The lowest BCUT2D eigenvalue weighted by atomic mass is 9.77. The van der Waals surface area contributed by atoms with Crippen LogP contribution in [0.4, 0.5) is 8.78 Å². The van der Waals surface area contributed by atoms with E-state index in [9.17, 15) is 13.6 Å². The molecule has 0 atom stereocenters. The van der Waals surface area contributed by atoms with Gasteiger partial charge in [-0.05, 0) is 19.3 Å². The Labute approximate surface area is 93.5 Å². The van der Waals surface area contributed by atoms with E-state index < -0.39 is 13.0 Å². The molecule has 0 radical (unpaired) electrons. The van der Waals surface area contributed by atoms with Gasteiger partial charge in [0, 0.05) is 13.0 Å². The van der Waals surface area contributed by atoms with Gasteiger partial charge in [0.25, 0.3) is 6.43 Å². The SMILES string of the molecule is NCC1(NC(=O)CCOCC(F)F)CCC1. The van der Waals surface area contributed by atoms with Crippen molar-refractivity contribution in [1.82, 2.24) is 5.32 Å². The van der Waals surface area contributed by atoms with Gasteiger partial charge < -0.3 is 15.8 Å². The molecule has 0 aromatic heterocycles. The van der Waals surface area contributed by atoms with E-state index in [0.29, 0.717) is 6.54 Å². The Morgan fingerprint density at radius 3 is 2.62 bits per heavy atom. The van der Waals surface area contributed by atoms with Gasteiger partial charge in [0.2, 0.25) is 5.91 Å². The molecule has 0 aromatic carbocycles. The van der Waals surface area contributed by atoms with Gasteiger partial charge in [-0.2, -0.15) is 0 Å². The van der Waals surface area contributed by atoms with E-state index in [1.807, 2.05) is 0 Å². The van der Waals surface area contributed by atoms with Crippen LogP contribution in [0.15, 0.2) is 0 Å². The molecule has 3 N–H and O–H groups in total. The number of alkyl halides is 2. The summed E-state index contributed by atoms with van der Waals surface area (Å²) in [5.41, 5.74) is 5.32. The van der Waals surface area contributed by atoms with E-state index in [1.54, 1.807) is 0 Å². The highest BCUT2D eigenvalue weighted by Crippen LogP contribution is 2.30. The lowest BCUT2D eigenvalue weighted by Gasteiger charge is -2.41. The predicted octanol–water partition coefficient (Wildman–Crippen LogP) is 0.656. The van der Waals surface area contributed by atoms with Crippen molar-refractivity contribution in [2.45, 2.75) is 37.6 Å². The van der Waals surface area contributed by atoms with Crippen molar-refractivity contribution in [3.05, 3.63) is 0 Å². The van der Waals surface area contributed by atoms with Crippen molar-refractivity contribution in [2.75, 3.05) is 19.8 Å². The molecule has 0 saturated heterocycles. The van der Waals surface area contributed by atoms with Crippen LogP contribution in [0.3, 0.4) is 0 Å². The number of amides is 1. The van der Waals surface area contributed by atoms with Crippen LogP contribution in [0, 0.1) is 0 Å². The summed E-state index contributed by atoms with van der Waals surface area (Å²) in [6.07, 6.45) is 0.485. The number of nitrogens with one attached hydrogen (secondary N) is 1. The largest absolute Gasteiger partial charge is 0.375 e. The number of carbonyl (C=O) groups excluding carboxylic acids is 1. The van der Waals surface area contributed by atoms with Gasteiger partial charge in [-0.15, -0.1) is 0 Å². The van der Waals surface area contributed by atoms with Crippen molar-refractivity contribution in [2.24, 2.45) is 5.73 Å². The highest BCUT2D eigenvalue weighted by molar-refractivity contribution is 5.77. The predicted molar refractivity (Wildman–Crippen MR) is 55.2 cm³/mol. The van der Waals surface area contributed by atoms with Crippen LogP contribution in [0.2, 0.25) is 0 Å². The summed E-state index contributed by atoms with van der Waals surface area (Å²) in [7, 11) is 0. The van der Waals surface area contributed by atoms with Gasteiger partial charge in [-0.1, -0.05) is 0 Å². The first kappa shape index (κ1) is 13.3. The molecule has 1 saturated carbocycles. The van der Waals surface area contributed by atoms with Crippen LogP contribution >= 0.6 is 0 Å². The summed E-state index contributed by atoms with van der Waals surface area (Å²) in [5.74, 6) is -0.181. The molecule has 6 heteroatoms. The third kappa shape index (κ3) is 4.02. The molecular weight excluding hydrogens is 218 g/mol. The molecule has 1 aliphatic rings.